The lowest BCUT2D eigenvalue weighted by Gasteiger charge is -1.99. The van der Waals surface area contributed by atoms with E-state index in [1.807, 2.05) is 12.1 Å². The number of rotatable bonds is 2. The van der Waals surface area contributed by atoms with Crippen molar-refractivity contribution in [3.05, 3.63) is 57.8 Å². The van der Waals surface area contributed by atoms with Gasteiger partial charge in [-0.1, -0.05) is 45.8 Å². The van der Waals surface area contributed by atoms with Crippen LogP contribution in [0.5, 0.6) is 0 Å². The minimum atomic E-state index is 0.691. The van der Waals surface area contributed by atoms with E-state index in [1.165, 1.54) is 11.1 Å². The third-order valence-electron chi connectivity index (χ3n) is 3.08. The summed E-state index contributed by atoms with van der Waals surface area (Å²) < 4.78 is 0.961. The van der Waals surface area contributed by atoms with E-state index in [1.54, 1.807) is 0 Å². The van der Waals surface area contributed by atoms with E-state index in [-0.39, 0.29) is 0 Å². The molecule has 3 rings (SSSR count). The van der Waals surface area contributed by atoms with Crippen LogP contribution in [-0.4, -0.2) is 9.97 Å². The van der Waals surface area contributed by atoms with Gasteiger partial charge in [0.25, 0.3) is 0 Å². The molecule has 3 nitrogen and oxygen atoms in total. The standard InChI is InChI=1S/C15H14BrN3/c1-9-3-2-4-10(5-9)6-14-18-13-8-11(16)7-12(17)15(13)19-14/h2-5,7-8H,6,17H2,1H3,(H,18,19). The molecule has 2 aromatic carbocycles. The molecule has 96 valence electrons. The van der Waals surface area contributed by atoms with Crippen molar-refractivity contribution in [3.8, 4) is 0 Å². The van der Waals surface area contributed by atoms with Crippen LogP contribution >= 0.6 is 15.9 Å². The van der Waals surface area contributed by atoms with Gasteiger partial charge in [0, 0.05) is 10.9 Å². The molecule has 1 heterocycles. The third kappa shape index (κ3) is 2.49. The van der Waals surface area contributed by atoms with Crippen LogP contribution in [0.3, 0.4) is 0 Å². The number of H-pyrrole nitrogens is 1. The van der Waals surface area contributed by atoms with Gasteiger partial charge in [0.2, 0.25) is 0 Å². The monoisotopic (exact) mass is 315 g/mol. The summed E-state index contributed by atoms with van der Waals surface area (Å²) >= 11 is 3.44. The normalized spacial score (nSPS) is 11.1. The molecular weight excluding hydrogens is 302 g/mol. The lowest BCUT2D eigenvalue weighted by Crippen LogP contribution is -1.91. The quantitative estimate of drug-likeness (QED) is 0.706. The summed E-state index contributed by atoms with van der Waals surface area (Å²) in [6.07, 6.45) is 0.785. The first-order valence-corrected chi connectivity index (χ1v) is 6.90. The lowest BCUT2D eigenvalue weighted by atomic mass is 10.1. The van der Waals surface area contributed by atoms with Gasteiger partial charge in [-0.2, -0.15) is 0 Å². The number of fused-ring (bicyclic) bond motifs is 1. The molecule has 0 saturated carbocycles. The predicted molar refractivity (Wildman–Crippen MR) is 82.2 cm³/mol. The summed E-state index contributed by atoms with van der Waals surface area (Å²) in [7, 11) is 0. The van der Waals surface area contributed by atoms with E-state index in [0.717, 1.165) is 27.8 Å². The molecule has 0 aliphatic heterocycles. The van der Waals surface area contributed by atoms with Crippen molar-refractivity contribution in [3.63, 3.8) is 0 Å². The molecular formula is C15H14BrN3. The minimum Gasteiger partial charge on any atom is -0.397 e. The number of anilines is 1. The van der Waals surface area contributed by atoms with Crippen LogP contribution in [0.1, 0.15) is 17.0 Å². The molecule has 1 aromatic heterocycles. The molecule has 0 radical (unpaired) electrons. The van der Waals surface area contributed by atoms with Crippen LogP contribution in [0.15, 0.2) is 40.9 Å². The SMILES string of the molecule is Cc1cccc(Cc2nc3c(N)cc(Br)cc3[nH]2)c1. The highest BCUT2D eigenvalue weighted by molar-refractivity contribution is 9.10. The molecule has 0 bridgehead atoms. The Hall–Kier alpha value is -1.81. The molecule has 0 atom stereocenters. The maximum atomic E-state index is 5.98. The van der Waals surface area contributed by atoms with Gasteiger partial charge in [0.05, 0.1) is 11.2 Å². The number of nitrogens with two attached hydrogens (primary N) is 1. The molecule has 0 amide bonds. The van der Waals surface area contributed by atoms with E-state index in [2.05, 4.69) is 57.1 Å². The lowest BCUT2D eigenvalue weighted by molar-refractivity contribution is 1.04. The zero-order chi connectivity index (χ0) is 13.4. The number of imidazole rings is 1. The minimum absolute atomic E-state index is 0.691. The summed E-state index contributed by atoms with van der Waals surface area (Å²) in [5, 5.41) is 0. The third-order valence-corrected chi connectivity index (χ3v) is 3.54. The van der Waals surface area contributed by atoms with Crippen LogP contribution in [0.2, 0.25) is 0 Å². The summed E-state index contributed by atoms with van der Waals surface area (Å²) in [6, 6.07) is 12.3. The van der Waals surface area contributed by atoms with Gasteiger partial charge in [-0.05, 0) is 24.6 Å². The first-order valence-electron chi connectivity index (χ1n) is 6.11. The summed E-state index contributed by atoms with van der Waals surface area (Å²) in [5.41, 5.74) is 11.0. The second-order valence-corrected chi connectivity index (χ2v) is 5.66. The van der Waals surface area contributed by atoms with Crippen molar-refractivity contribution in [1.29, 1.82) is 0 Å². The van der Waals surface area contributed by atoms with Gasteiger partial charge >= 0.3 is 0 Å². The molecule has 0 aliphatic rings. The van der Waals surface area contributed by atoms with Gasteiger partial charge in [0.15, 0.2) is 0 Å². The molecule has 0 saturated heterocycles. The molecule has 0 spiro atoms. The Bertz CT molecular complexity index is 746. The average molecular weight is 316 g/mol. The first kappa shape index (κ1) is 12.2. The predicted octanol–water partition coefficient (Wildman–Crippen LogP) is 3.81. The number of benzene rings is 2. The van der Waals surface area contributed by atoms with Gasteiger partial charge < -0.3 is 10.7 Å². The number of halogens is 1. The molecule has 0 aliphatic carbocycles. The Labute approximate surface area is 120 Å². The highest BCUT2D eigenvalue weighted by Gasteiger charge is 2.07. The number of aryl methyl sites for hydroxylation is 1. The Morgan fingerprint density at radius 2 is 2.11 bits per heavy atom. The second-order valence-electron chi connectivity index (χ2n) is 4.74. The Balaban J connectivity index is 2.00. The number of hydrogen-bond donors (Lipinski definition) is 2. The van der Waals surface area contributed by atoms with Crippen molar-refractivity contribution in [2.75, 3.05) is 5.73 Å². The van der Waals surface area contributed by atoms with E-state index in [9.17, 15) is 0 Å². The summed E-state index contributed by atoms with van der Waals surface area (Å²) in [5.74, 6) is 0.936. The van der Waals surface area contributed by atoms with E-state index in [0.29, 0.717) is 5.69 Å². The highest BCUT2D eigenvalue weighted by Crippen LogP contribution is 2.25. The molecule has 19 heavy (non-hydrogen) atoms. The van der Waals surface area contributed by atoms with Crippen LogP contribution in [0.25, 0.3) is 11.0 Å². The fourth-order valence-electron chi connectivity index (χ4n) is 2.26. The van der Waals surface area contributed by atoms with Crippen LogP contribution in [0.4, 0.5) is 5.69 Å². The van der Waals surface area contributed by atoms with Crippen LogP contribution < -0.4 is 5.73 Å². The Morgan fingerprint density at radius 1 is 1.26 bits per heavy atom. The number of aromatic amines is 1. The van der Waals surface area contributed by atoms with Crippen molar-refractivity contribution < 1.29 is 0 Å². The van der Waals surface area contributed by atoms with Gasteiger partial charge in [-0.15, -0.1) is 0 Å². The number of hydrogen-bond acceptors (Lipinski definition) is 2. The van der Waals surface area contributed by atoms with E-state index in [4.69, 9.17) is 5.73 Å². The number of nitrogens with zero attached hydrogens (tertiary/aromatic N) is 1. The average Bonchev–Trinajstić information content (AvgIpc) is 2.71. The molecule has 3 N–H and O–H groups in total. The molecule has 0 fully saturated rings. The smallest absolute Gasteiger partial charge is 0.112 e. The maximum Gasteiger partial charge on any atom is 0.112 e. The second kappa shape index (κ2) is 4.70. The van der Waals surface area contributed by atoms with Gasteiger partial charge in [0.1, 0.15) is 11.3 Å². The van der Waals surface area contributed by atoms with Crippen molar-refractivity contribution in [1.82, 2.24) is 9.97 Å². The number of nitrogen functional groups attached to an aromatic ring is 1. The fraction of sp³-hybridized carbons (Fsp3) is 0.133. The molecule has 0 unspecified atom stereocenters. The Kier molecular flexibility index (Phi) is 3.03. The van der Waals surface area contributed by atoms with E-state index >= 15 is 0 Å². The first-order chi connectivity index (χ1) is 9.11. The fourth-order valence-corrected chi connectivity index (χ4v) is 2.73. The van der Waals surface area contributed by atoms with Crippen molar-refractivity contribution in [2.24, 2.45) is 0 Å². The number of nitrogens with one attached hydrogen (secondary N) is 1. The van der Waals surface area contributed by atoms with E-state index < -0.39 is 0 Å². The van der Waals surface area contributed by atoms with Gasteiger partial charge in [-0.25, -0.2) is 4.98 Å². The Morgan fingerprint density at radius 3 is 2.89 bits per heavy atom. The highest BCUT2D eigenvalue weighted by atomic mass is 79.9. The largest absolute Gasteiger partial charge is 0.397 e. The van der Waals surface area contributed by atoms with Crippen molar-refractivity contribution in [2.45, 2.75) is 13.3 Å². The molecule has 4 heteroatoms. The topological polar surface area (TPSA) is 54.7 Å². The zero-order valence-electron chi connectivity index (χ0n) is 10.6. The molecule has 3 aromatic rings. The van der Waals surface area contributed by atoms with Crippen LogP contribution in [-0.2, 0) is 6.42 Å². The van der Waals surface area contributed by atoms with Gasteiger partial charge in [-0.3, -0.25) is 0 Å². The maximum absolute atomic E-state index is 5.98. The van der Waals surface area contributed by atoms with Crippen LogP contribution in [0, 0.1) is 6.92 Å². The number of aromatic nitrogens is 2. The summed E-state index contributed by atoms with van der Waals surface area (Å²) in [4.78, 5) is 7.90. The summed E-state index contributed by atoms with van der Waals surface area (Å²) in [6.45, 7) is 2.09. The zero-order valence-corrected chi connectivity index (χ0v) is 12.2. The van der Waals surface area contributed by atoms with Crippen molar-refractivity contribution >= 4 is 32.7 Å².